The SMILES string of the molecule is COc1ccc(CC(N)=O)cc1-c1c(Br)cnn1C. The Hall–Kier alpha value is -1.82. The van der Waals surface area contributed by atoms with Crippen LogP contribution in [0.15, 0.2) is 28.9 Å². The number of ether oxygens (including phenoxy) is 1. The number of benzene rings is 1. The van der Waals surface area contributed by atoms with Gasteiger partial charge in [-0.2, -0.15) is 5.10 Å². The molecule has 100 valence electrons. The number of nitrogens with two attached hydrogens (primary N) is 1. The highest BCUT2D eigenvalue weighted by Crippen LogP contribution is 2.35. The van der Waals surface area contributed by atoms with Crippen LogP contribution in [0.4, 0.5) is 0 Å². The van der Waals surface area contributed by atoms with Gasteiger partial charge in [-0.05, 0) is 33.6 Å². The van der Waals surface area contributed by atoms with E-state index in [1.165, 1.54) is 0 Å². The predicted octanol–water partition coefficient (Wildman–Crippen LogP) is 1.89. The van der Waals surface area contributed by atoms with E-state index in [1.54, 1.807) is 18.0 Å². The van der Waals surface area contributed by atoms with Crippen molar-refractivity contribution in [1.29, 1.82) is 0 Å². The number of nitrogens with zero attached hydrogens (tertiary/aromatic N) is 2. The molecule has 0 fully saturated rings. The molecule has 0 saturated carbocycles. The Morgan fingerprint density at radius 1 is 1.53 bits per heavy atom. The van der Waals surface area contributed by atoms with Crippen LogP contribution in [0.1, 0.15) is 5.56 Å². The molecular formula is C13H14BrN3O2. The van der Waals surface area contributed by atoms with Crippen molar-refractivity contribution in [3.63, 3.8) is 0 Å². The summed E-state index contributed by atoms with van der Waals surface area (Å²) in [6.07, 6.45) is 1.92. The predicted molar refractivity (Wildman–Crippen MR) is 75.8 cm³/mol. The molecule has 1 aromatic heterocycles. The van der Waals surface area contributed by atoms with E-state index < -0.39 is 0 Å². The van der Waals surface area contributed by atoms with E-state index in [0.717, 1.165) is 27.0 Å². The van der Waals surface area contributed by atoms with Crippen LogP contribution >= 0.6 is 15.9 Å². The summed E-state index contributed by atoms with van der Waals surface area (Å²) in [4.78, 5) is 11.0. The van der Waals surface area contributed by atoms with Crippen LogP contribution in [0.3, 0.4) is 0 Å². The summed E-state index contributed by atoms with van der Waals surface area (Å²) in [5.41, 5.74) is 7.83. The van der Waals surface area contributed by atoms with Crippen LogP contribution in [-0.2, 0) is 18.3 Å². The van der Waals surface area contributed by atoms with E-state index >= 15 is 0 Å². The normalized spacial score (nSPS) is 10.5. The van der Waals surface area contributed by atoms with Gasteiger partial charge in [0.25, 0.3) is 0 Å². The van der Waals surface area contributed by atoms with Crippen molar-refractivity contribution in [3.8, 4) is 17.0 Å². The van der Waals surface area contributed by atoms with Gasteiger partial charge in [0, 0.05) is 12.6 Å². The van der Waals surface area contributed by atoms with Crippen LogP contribution < -0.4 is 10.5 Å². The van der Waals surface area contributed by atoms with E-state index in [2.05, 4.69) is 21.0 Å². The van der Waals surface area contributed by atoms with Crippen LogP contribution in [-0.4, -0.2) is 22.8 Å². The summed E-state index contributed by atoms with van der Waals surface area (Å²) in [5.74, 6) is 0.359. The number of carbonyl (C=O) groups is 1. The minimum absolute atomic E-state index is 0.201. The molecule has 0 atom stereocenters. The molecule has 1 amide bonds. The summed E-state index contributed by atoms with van der Waals surface area (Å²) < 4.78 is 7.97. The molecule has 0 aliphatic rings. The van der Waals surface area contributed by atoms with Crippen molar-refractivity contribution in [1.82, 2.24) is 9.78 Å². The molecule has 0 spiro atoms. The van der Waals surface area contributed by atoms with E-state index in [0.29, 0.717) is 0 Å². The monoisotopic (exact) mass is 323 g/mol. The maximum absolute atomic E-state index is 11.0. The van der Waals surface area contributed by atoms with Gasteiger partial charge < -0.3 is 10.5 Å². The highest BCUT2D eigenvalue weighted by molar-refractivity contribution is 9.10. The van der Waals surface area contributed by atoms with Gasteiger partial charge in [0.05, 0.1) is 29.9 Å². The van der Waals surface area contributed by atoms with Crippen molar-refractivity contribution in [2.24, 2.45) is 12.8 Å². The first-order valence-corrected chi connectivity index (χ1v) is 6.45. The van der Waals surface area contributed by atoms with Crippen molar-refractivity contribution in [3.05, 3.63) is 34.4 Å². The molecule has 0 saturated heterocycles. The van der Waals surface area contributed by atoms with Crippen LogP contribution in [0.25, 0.3) is 11.3 Å². The first kappa shape index (κ1) is 13.6. The lowest BCUT2D eigenvalue weighted by atomic mass is 10.0. The van der Waals surface area contributed by atoms with Crippen molar-refractivity contribution in [2.45, 2.75) is 6.42 Å². The molecule has 1 aromatic carbocycles. The fraction of sp³-hybridized carbons (Fsp3) is 0.231. The van der Waals surface area contributed by atoms with Crippen molar-refractivity contribution >= 4 is 21.8 Å². The summed E-state index contributed by atoms with van der Waals surface area (Å²) in [6.45, 7) is 0. The Morgan fingerprint density at radius 2 is 2.26 bits per heavy atom. The maximum Gasteiger partial charge on any atom is 0.221 e. The fourth-order valence-corrected chi connectivity index (χ4v) is 2.53. The van der Waals surface area contributed by atoms with E-state index in [9.17, 15) is 4.79 Å². The number of rotatable bonds is 4. The molecule has 0 radical (unpaired) electrons. The van der Waals surface area contributed by atoms with Gasteiger partial charge in [-0.1, -0.05) is 6.07 Å². The van der Waals surface area contributed by atoms with Gasteiger partial charge in [-0.15, -0.1) is 0 Å². The smallest absolute Gasteiger partial charge is 0.221 e. The van der Waals surface area contributed by atoms with Crippen molar-refractivity contribution in [2.75, 3.05) is 7.11 Å². The van der Waals surface area contributed by atoms with Crippen LogP contribution in [0.2, 0.25) is 0 Å². The number of hydrogen-bond acceptors (Lipinski definition) is 3. The van der Waals surface area contributed by atoms with Gasteiger partial charge >= 0.3 is 0 Å². The lowest BCUT2D eigenvalue weighted by molar-refractivity contribution is -0.117. The van der Waals surface area contributed by atoms with Gasteiger partial charge in [-0.3, -0.25) is 9.48 Å². The molecule has 6 heteroatoms. The van der Waals surface area contributed by atoms with E-state index in [-0.39, 0.29) is 12.3 Å². The lowest BCUT2D eigenvalue weighted by Gasteiger charge is -2.11. The van der Waals surface area contributed by atoms with E-state index in [4.69, 9.17) is 10.5 Å². The molecule has 0 unspecified atom stereocenters. The maximum atomic E-state index is 11.0. The molecule has 0 aliphatic heterocycles. The van der Waals surface area contributed by atoms with Crippen LogP contribution in [0, 0.1) is 0 Å². The zero-order chi connectivity index (χ0) is 14.0. The number of aryl methyl sites for hydroxylation is 1. The summed E-state index contributed by atoms with van der Waals surface area (Å²) in [6, 6.07) is 5.55. The molecule has 19 heavy (non-hydrogen) atoms. The number of primary amides is 1. The Kier molecular flexibility index (Phi) is 3.90. The second kappa shape index (κ2) is 5.44. The zero-order valence-electron chi connectivity index (χ0n) is 10.7. The van der Waals surface area contributed by atoms with E-state index in [1.807, 2.05) is 25.2 Å². The highest BCUT2D eigenvalue weighted by Gasteiger charge is 2.15. The number of halogens is 1. The number of carbonyl (C=O) groups excluding carboxylic acids is 1. The standard InChI is InChI=1S/C13H14BrN3O2/c1-17-13(10(14)7-16-17)9-5-8(6-12(15)18)3-4-11(9)19-2/h3-5,7H,6H2,1-2H3,(H2,15,18). The lowest BCUT2D eigenvalue weighted by Crippen LogP contribution is -2.13. The van der Waals surface area contributed by atoms with Crippen LogP contribution in [0.5, 0.6) is 5.75 Å². The average Bonchev–Trinajstić information content (AvgIpc) is 2.68. The topological polar surface area (TPSA) is 70.1 Å². The summed E-state index contributed by atoms with van der Waals surface area (Å²) in [7, 11) is 3.46. The quantitative estimate of drug-likeness (QED) is 0.934. The number of methoxy groups -OCH3 is 1. The molecule has 5 nitrogen and oxygen atoms in total. The highest BCUT2D eigenvalue weighted by atomic mass is 79.9. The Bertz CT molecular complexity index is 603. The first-order chi connectivity index (χ1) is 9.02. The molecule has 2 aromatic rings. The number of amides is 1. The second-order valence-corrected chi connectivity index (χ2v) is 5.00. The summed E-state index contributed by atoms with van der Waals surface area (Å²) in [5, 5.41) is 4.18. The van der Waals surface area contributed by atoms with Gasteiger partial charge in [0.2, 0.25) is 5.91 Å². The van der Waals surface area contributed by atoms with Crippen molar-refractivity contribution < 1.29 is 9.53 Å². The molecule has 1 heterocycles. The Labute approximate surface area is 119 Å². The third kappa shape index (κ3) is 2.78. The third-order valence-electron chi connectivity index (χ3n) is 2.79. The van der Waals surface area contributed by atoms with Gasteiger partial charge in [-0.25, -0.2) is 0 Å². The average molecular weight is 324 g/mol. The molecule has 2 rings (SSSR count). The molecule has 2 N–H and O–H groups in total. The minimum atomic E-state index is -0.361. The number of aromatic nitrogens is 2. The Balaban J connectivity index is 2.56. The molecule has 0 aliphatic carbocycles. The molecular weight excluding hydrogens is 310 g/mol. The molecule has 0 bridgehead atoms. The van der Waals surface area contributed by atoms with Gasteiger partial charge in [0.1, 0.15) is 5.75 Å². The minimum Gasteiger partial charge on any atom is -0.496 e. The van der Waals surface area contributed by atoms with Gasteiger partial charge in [0.15, 0.2) is 0 Å². The largest absolute Gasteiger partial charge is 0.496 e. The summed E-state index contributed by atoms with van der Waals surface area (Å²) >= 11 is 3.46. The third-order valence-corrected chi connectivity index (χ3v) is 3.37. The Morgan fingerprint density at radius 3 is 2.79 bits per heavy atom. The first-order valence-electron chi connectivity index (χ1n) is 5.66. The fourth-order valence-electron chi connectivity index (χ4n) is 1.97. The zero-order valence-corrected chi connectivity index (χ0v) is 12.3. The number of hydrogen-bond donors (Lipinski definition) is 1. The second-order valence-electron chi connectivity index (χ2n) is 4.14.